The molecular weight excluding hydrogens is 318 g/mol. The summed E-state index contributed by atoms with van der Waals surface area (Å²) < 4.78 is 0. The molecule has 0 unspecified atom stereocenters. The lowest BCUT2D eigenvalue weighted by Gasteiger charge is -2.46. The lowest BCUT2D eigenvalue weighted by atomic mass is 9.58. The molecule has 0 radical (unpaired) electrons. The van der Waals surface area contributed by atoms with Crippen LogP contribution in [0.1, 0.15) is 50.5 Å². The van der Waals surface area contributed by atoms with Crippen LogP contribution in [0.5, 0.6) is 0 Å². The molecule has 0 saturated heterocycles. The zero-order chi connectivity index (χ0) is 17.4. The van der Waals surface area contributed by atoms with E-state index in [1.54, 1.807) is 12.1 Å². The number of nitro benzene ring substituents is 1. The van der Waals surface area contributed by atoms with Crippen molar-refractivity contribution in [1.82, 2.24) is 5.43 Å². The summed E-state index contributed by atoms with van der Waals surface area (Å²) in [7, 11) is 0. The van der Waals surface area contributed by atoms with E-state index in [9.17, 15) is 14.9 Å². The molecule has 0 heterocycles. The van der Waals surface area contributed by atoms with E-state index in [1.165, 1.54) is 44.0 Å². The van der Waals surface area contributed by atoms with Crippen molar-refractivity contribution < 1.29 is 9.72 Å². The molecule has 4 bridgehead atoms. The quantitative estimate of drug-likeness (QED) is 0.515. The highest BCUT2D eigenvalue weighted by molar-refractivity contribution is 5.86. The fourth-order valence-electron chi connectivity index (χ4n) is 5.47. The Labute approximate surface area is 146 Å². The Hall–Kier alpha value is -2.24. The van der Waals surface area contributed by atoms with Crippen LogP contribution in [0.3, 0.4) is 0 Å². The number of fused-ring (bicyclic) bond motifs is 1. The number of hydrogen-bond acceptors (Lipinski definition) is 4. The van der Waals surface area contributed by atoms with Gasteiger partial charge in [0.25, 0.3) is 5.69 Å². The Morgan fingerprint density at radius 2 is 1.88 bits per heavy atom. The number of hydrazone groups is 1. The van der Waals surface area contributed by atoms with Gasteiger partial charge >= 0.3 is 0 Å². The van der Waals surface area contributed by atoms with Crippen LogP contribution in [0.15, 0.2) is 29.4 Å². The van der Waals surface area contributed by atoms with Crippen molar-refractivity contribution in [3.8, 4) is 0 Å². The Bertz CT molecular complexity index is 714. The average molecular weight is 341 g/mol. The molecule has 4 saturated carbocycles. The zero-order valence-electron chi connectivity index (χ0n) is 14.2. The van der Waals surface area contributed by atoms with Crippen molar-refractivity contribution in [3.63, 3.8) is 0 Å². The lowest BCUT2D eigenvalue weighted by molar-refractivity contribution is -0.384. The Morgan fingerprint density at radius 1 is 1.20 bits per heavy atom. The van der Waals surface area contributed by atoms with Crippen LogP contribution in [0.25, 0.3) is 0 Å². The molecule has 132 valence electrons. The van der Waals surface area contributed by atoms with Crippen molar-refractivity contribution in [2.45, 2.75) is 44.9 Å². The largest absolute Gasteiger partial charge is 0.273 e. The first-order chi connectivity index (χ1) is 12.0. The molecule has 4 aliphatic carbocycles. The number of nitrogens with zero attached hydrogens (tertiary/aromatic N) is 2. The van der Waals surface area contributed by atoms with Crippen molar-refractivity contribution in [2.24, 2.45) is 28.3 Å². The van der Waals surface area contributed by atoms with E-state index in [1.807, 2.05) is 0 Å². The molecule has 1 N–H and O–H groups in total. The van der Waals surface area contributed by atoms with Gasteiger partial charge < -0.3 is 0 Å². The predicted octanol–water partition coefficient (Wildman–Crippen LogP) is 3.65. The molecule has 6 heteroatoms. The molecule has 0 aromatic heterocycles. The van der Waals surface area contributed by atoms with Gasteiger partial charge in [0.15, 0.2) is 0 Å². The molecule has 2 atom stereocenters. The predicted molar refractivity (Wildman–Crippen MR) is 94.1 cm³/mol. The second-order valence-electron chi connectivity index (χ2n) is 8.09. The number of nitrogens with one attached hydrogen (secondary N) is 1. The second kappa shape index (κ2) is 6.24. The van der Waals surface area contributed by atoms with Crippen LogP contribution < -0.4 is 5.43 Å². The third-order valence-corrected chi connectivity index (χ3v) is 6.30. The van der Waals surface area contributed by atoms with Crippen molar-refractivity contribution in [1.29, 1.82) is 0 Å². The topological polar surface area (TPSA) is 84.6 Å². The maximum atomic E-state index is 12.9. The number of nitro groups is 1. The zero-order valence-corrected chi connectivity index (χ0v) is 14.2. The summed E-state index contributed by atoms with van der Waals surface area (Å²) in [6, 6.07) is 6.24. The molecular formula is C19H23N3O3. The highest BCUT2D eigenvalue weighted by Crippen LogP contribution is 2.57. The molecule has 4 fully saturated rings. The van der Waals surface area contributed by atoms with E-state index in [2.05, 4.69) is 10.5 Å². The summed E-state index contributed by atoms with van der Waals surface area (Å²) in [5.74, 6) is 2.12. The van der Waals surface area contributed by atoms with Gasteiger partial charge in [-0.1, -0.05) is 25.0 Å². The molecule has 1 aromatic carbocycles. The number of carbonyl (C=O) groups excluding carboxylic acids is 1. The van der Waals surface area contributed by atoms with Gasteiger partial charge in [-0.25, -0.2) is 5.43 Å². The number of hydrogen-bond donors (Lipinski definition) is 1. The number of rotatable bonds is 4. The van der Waals surface area contributed by atoms with Crippen LogP contribution in [-0.4, -0.2) is 17.0 Å². The standard InChI is InChI=1S/C19H23N3O3/c23-18(21-20-12-15-2-1-3-17(8-15)22(24)25)19-9-13-4-5-14(10-19)7-16(6-13)11-19/h1-3,8,12-14,16H,4-7,9-11H2,(H,21,23)/b20-12-/t13-,14-,16?,19?/m0/s1. The summed E-state index contributed by atoms with van der Waals surface area (Å²) in [6.07, 6.45) is 9.61. The second-order valence-corrected chi connectivity index (χ2v) is 8.09. The SMILES string of the molecule is O=C(N/N=C\c1cccc([N+](=O)[O-])c1)C12CC3C[C@H](CC[C@@H](C3)C1)C2. The van der Waals surface area contributed by atoms with E-state index in [4.69, 9.17) is 0 Å². The minimum absolute atomic E-state index is 0.0212. The molecule has 1 aromatic rings. The van der Waals surface area contributed by atoms with Crippen LogP contribution in [0.2, 0.25) is 0 Å². The first kappa shape index (κ1) is 16.2. The molecule has 6 nitrogen and oxygen atoms in total. The monoisotopic (exact) mass is 341 g/mol. The Balaban J connectivity index is 1.45. The van der Waals surface area contributed by atoms with Gasteiger partial charge in [-0.2, -0.15) is 5.10 Å². The highest BCUT2D eigenvalue weighted by atomic mass is 16.6. The van der Waals surface area contributed by atoms with Crippen LogP contribution in [0, 0.1) is 33.3 Å². The summed E-state index contributed by atoms with van der Waals surface area (Å²) in [6.45, 7) is 0. The smallest absolute Gasteiger partial charge is 0.270 e. The first-order valence-electron chi connectivity index (χ1n) is 9.12. The van der Waals surface area contributed by atoms with Gasteiger partial charge in [-0.3, -0.25) is 14.9 Å². The maximum Gasteiger partial charge on any atom is 0.270 e. The Kier molecular flexibility index (Phi) is 4.06. The minimum Gasteiger partial charge on any atom is -0.273 e. The normalized spacial score (nSPS) is 33.4. The molecule has 5 rings (SSSR count). The van der Waals surface area contributed by atoms with Gasteiger partial charge in [0.05, 0.1) is 16.6 Å². The number of non-ortho nitro benzene ring substituents is 1. The molecule has 0 aliphatic heterocycles. The summed E-state index contributed by atoms with van der Waals surface area (Å²) in [5, 5.41) is 14.9. The van der Waals surface area contributed by atoms with Crippen LogP contribution in [-0.2, 0) is 4.79 Å². The van der Waals surface area contributed by atoms with E-state index in [0.29, 0.717) is 23.3 Å². The molecule has 25 heavy (non-hydrogen) atoms. The fraction of sp³-hybridized carbons (Fsp3) is 0.579. The van der Waals surface area contributed by atoms with Crippen molar-refractivity contribution in [2.75, 3.05) is 0 Å². The number of benzene rings is 1. The van der Waals surface area contributed by atoms with Gasteiger partial charge in [-0.15, -0.1) is 0 Å². The highest BCUT2D eigenvalue weighted by Gasteiger charge is 2.52. The van der Waals surface area contributed by atoms with Crippen LogP contribution >= 0.6 is 0 Å². The third-order valence-electron chi connectivity index (χ3n) is 6.30. The van der Waals surface area contributed by atoms with Crippen LogP contribution in [0.4, 0.5) is 5.69 Å². The van der Waals surface area contributed by atoms with Gasteiger partial charge in [0, 0.05) is 17.7 Å². The van der Waals surface area contributed by atoms with E-state index in [0.717, 1.165) is 19.3 Å². The fourth-order valence-corrected chi connectivity index (χ4v) is 5.47. The summed E-state index contributed by atoms with van der Waals surface area (Å²) in [4.78, 5) is 23.3. The van der Waals surface area contributed by atoms with E-state index >= 15 is 0 Å². The van der Waals surface area contributed by atoms with Gasteiger partial charge in [0.2, 0.25) is 5.91 Å². The van der Waals surface area contributed by atoms with E-state index in [-0.39, 0.29) is 17.0 Å². The molecule has 1 amide bonds. The maximum absolute atomic E-state index is 12.9. The summed E-state index contributed by atoms with van der Waals surface area (Å²) >= 11 is 0. The number of amides is 1. The molecule has 4 aliphatic rings. The lowest BCUT2D eigenvalue weighted by Crippen LogP contribution is -2.47. The summed E-state index contributed by atoms with van der Waals surface area (Å²) in [5.41, 5.74) is 3.11. The van der Waals surface area contributed by atoms with Gasteiger partial charge in [0.1, 0.15) is 0 Å². The van der Waals surface area contributed by atoms with E-state index < -0.39 is 4.92 Å². The third kappa shape index (κ3) is 3.17. The Morgan fingerprint density at radius 3 is 2.56 bits per heavy atom. The molecule has 0 spiro atoms. The minimum atomic E-state index is -0.436. The van der Waals surface area contributed by atoms with Gasteiger partial charge in [-0.05, 0) is 49.9 Å². The first-order valence-corrected chi connectivity index (χ1v) is 9.12. The number of carbonyl (C=O) groups is 1. The van der Waals surface area contributed by atoms with Crippen molar-refractivity contribution >= 4 is 17.8 Å². The van der Waals surface area contributed by atoms with Crippen molar-refractivity contribution in [3.05, 3.63) is 39.9 Å². The average Bonchev–Trinajstić information content (AvgIpc) is 2.81.